The Morgan fingerprint density at radius 3 is 2.45 bits per heavy atom. The van der Waals surface area contributed by atoms with Gasteiger partial charge in [0.25, 0.3) is 0 Å². The van der Waals surface area contributed by atoms with Crippen LogP contribution in [0.2, 0.25) is 0 Å². The topological polar surface area (TPSA) is 81.5 Å². The van der Waals surface area contributed by atoms with E-state index in [2.05, 4.69) is 0 Å². The van der Waals surface area contributed by atoms with Gasteiger partial charge in [-0.1, -0.05) is 0 Å². The summed E-state index contributed by atoms with van der Waals surface area (Å²) in [6.45, 7) is -0.339. The molecular weight excluding hydrogens is 285 g/mol. The third-order valence-corrected chi connectivity index (χ3v) is 4.42. The lowest BCUT2D eigenvalue weighted by Crippen LogP contribution is -2.37. The normalized spacial score (nSPS) is 11.2. The third kappa shape index (κ3) is 3.31. The van der Waals surface area contributed by atoms with Crippen molar-refractivity contribution < 1.29 is 17.6 Å². The molecule has 20 heavy (non-hydrogen) atoms. The highest BCUT2D eigenvalue weighted by Gasteiger charge is 2.24. The molecule has 0 aromatic heterocycles. The lowest BCUT2D eigenvalue weighted by molar-refractivity contribution is -0.128. The van der Waals surface area contributed by atoms with Crippen molar-refractivity contribution in [1.82, 2.24) is 9.21 Å². The minimum atomic E-state index is -3.95. The van der Waals surface area contributed by atoms with Crippen molar-refractivity contribution in [3.63, 3.8) is 0 Å². The zero-order chi connectivity index (χ0) is 15.5. The van der Waals surface area contributed by atoms with Crippen LogP contribution < -0.4 is 0 Å². The monoisotopic (exact) mass is 299 g/mol. The molecule has 0 radical (unpaired) electrons. The molecule has 1 aromatic rings. The summed E-state index contributed by atoms with van der Waals surface area (Å²) in [5.41, 5.74) is -0.363. The Bertz CT molecular complexity index is 665. The number of hydrogen-bond acceptors (Lipinski definition) is 4. The molecule has 0 bridgehead atoms. The molecule has 0 atom stereocenters. The molecule has 0 aliphatic rings. The van der Waals surface area contributed by atoms with Crippen LogP contribution in [0.25, 0.3) is 0 Å². The quantitative estimate of drug-likeness (QED) is 0.806. The van der Waals surface area contributed by atoms with Crippen LogP contribution in [0.1, 0.15) is 5.56 Å². The number of carbonyl (C=O) groups excluding carboxylic acids is 1. The van der Waals surface area contributed by atoms with Gasteiger partial charge in [-0.05, 0) is 18.2 Å². The first-order valence-corrected chi connectivity index (χ1v) is 7.00. The van der Waals surface area contributed by atoms with Gasteiger partial charge >= 0.3 is 0 Å². The van der Waals surface area contributed by atoms with E-state index in [0.29, 0.717) is 0 Å². The molecule has 1 rings (SSSR count). The number of rotatable bonds is 4. The first-order chi connectivity index (χ1) is 9.20. The fourth-order valence-corrected chi connectivity index (χ4v) is 2.49. The number of nitriles is 1. The number of hydrogen-bond donors (Lipinski definition) is 0. The SMILES string of the molecule is CN(C)C(=O)CN(C)S(=O)(=O)c1ccc(F)c(C#N)c1. The van der Waals surface area contributed by atoms with Gasteiger partial charge in [0.2, 0.25) is 15.9 Å². The molecule has 0 spiro atoms. The largest absolute Gasteiger partial charge is 0.348 e. The second kappa shape index (κ2) is 5.98. The number of halogens is 1. The van der Waals surface area contributed by atoms with E-state index in [-0.39, 0.29) is 17.0 Å². The standard InChI is InChI=1S/C12H14FN3O3S/c1-15(2)12(17)8-16(3)20(18,19)10-4-5-11(13)9(6-10)7-14/h4-6H,8H2,1-3H3. The van der Waals surface area contributed by atoms with Crippen LogP contribution in [-0.2, 0) is 14.8 Å². The second-order valence-electron chi connectivity index (χ2n) is 4.30. The van der Waals surface area contributed by atoms with Gasteiger partial charge in [0, 0.05) is 21.1 Å². The molecule has 0 fully saturated rings. The smallest absolute Gasteiger partial charge is 0.243 e. The third-order valence-electron chi connectivity index (χ3n) is 2.62. The first kappa shape index (κ1) is 16.1. The van der Waals surface area contributed by atoms with E-state index in [1.54, 1.807) is 6.07 Å². The van der Waals surface area contributed by atoms with Gasteiger partial charge in [-0.2, -0.15) is 9.57 Å². The molecule has 108 valence electrons. The molecule has 0 aliphatic heterocycles. The lowest BCUT2D eigenvalue weighted by atomic mass is 10.2. The molecule has 0 unspecified atom stereocenters. The number of likely N-dealkylation sites (N-methyl/N-ethyl adjacent to an activating group) is 2. The maximum atomic E-state index is 13.2. The van der Waals surface area contributed by atoms with E-state index < -0.39 is 21.7 Å². The van der Waals surface area contributed by atoms with E-state index in [1.165, 1.54) is 26.0 Å². The molecule has 0 N–H and O–H groups in total. The van der Waals surface area contributed by atoms with E-state index in [9.17, 15) is 17.6 Å². The number of amides is 1. The van der Waals surface area contributed by atoms with Gasteiger partial charge in [-0.3, -0.25) is 4.79 Å². The van der Waals surface area contributed by atoms with Crippen LogP contribution in [0, 0.1) is 17.1 Å². The molecule has 0 saturated heterocycles. The maximum Gasteiger partial charge on any atom is 0.243 e. The van der Waals surface area contributed by atoms with Crippen LogP contribution in [0.4, 0.5) is 4.39 Å². The number of benzene rings is 1. The maximum absolute atomic E-state index is 13.2. The van der Waals surface area contributed by atoms with E-state index in [4.69, 9.17) is 5.26 Å². The summed E-state index contributed by atoms with van der Waals surface area (Å²) < 4.78 is 38.4. The molecule has 0 heterocycles. The Morgan fingerprint density at radius 1 is 1.35 bits per heavy atom. The molecule has 1 aromatic carbocycles. The summed E-state index contributed by atoms with van der Waals surface area (Å²) in [6, 6.07) is 4.49. The molecule has 0 aliphatic carbocycles. The Hall–Kier alpha value is -1.98. The average Bonchev–Trinajstić information content (AvgIpc) is 2.38. The summed E-state index contributed by atoms with van der Waals surface area (Å²) in [7, 11) is 0.310. The van der Waals surface area contributed by atoms with Crippen LogP contribution in [0.15, 0.2) is 23.1 Å². The van der Waals surface area contributed by atoms with Crippen LogP contribution >= 0.6 is 0 Å². The Morgan fingerprint density at radius 2 is 1.95 bits per heavy atom. The van der Waals surface area contributed by atoms with Gasteiger partial charge in [0.05, 0.1) is 17.0 Å². The van der Waals surface area contributed by atoms with Crippen molar-refractivity contribution in [1.29, 1.82) is 5.26 Å². The zero-order valence-corrected chi connectivity index (χ0v) is 12.1. The van der Waals surface area contributed by atoms with Crippen molar-refractivity contribution in [2.45, 2.75) is 4.90 Å². The highest BCUT2D eigenvalue weighted by Crippen LogP contribution is 2.17. The Labute approximate surface area is 117 Å². The lowest BCUT2D eigenvalue weighted by Gasteiger charge is -2.19. The Kier molecular flexibility index (Phi) is 4.81. The van der Waals surface area contributed by atoms with Gasteiger partial charge in [-0.25, -0.2) is 12.8 Å². The average molecular weight is 299 g/mol. The van der Waals surface area contributed by atoms with Gasteiger partial charge in [0.15, 0.2) is 0 Å². The summed E-state index contributed by atoms with van der Waals surface area (Å²) in [4.78, 5) is 12.5. The predicted molar refractivity (Wildman–Crippen MR) is 69.6 cm³/mol. The minimum Gasteiger partial charge on any atom is -0.348 e. The first-order valence-electron chi connectivity index (χ1n) is 5.56. The van der Waals surface area contributed by atoms with Crippen molar-refractivity contribution in [3.8, 4) is 6.07 Å². The summed E-state index contributed by atoms with van der Waals surface area (Å²) in [6.07, 6.45) is 0. The Balaban J connectivity index is 3.11. The van der Waals surface area contributed by atoms with Crippen LogP contribution in [0.5, 0.6) is 0 Å². The minimum absolute atomic E-state index is 0.232. The fraction of sp³-hybridized carbons (Fsp3) is 0.333. The van der Waals surface area contributed by atoms with Crippen molar-refractivity contribution in [2.24, 2.45) is 0 Å². The molecule has 1 amide bonds. The highest BCUT2D eigenvalue weighted by atomic mass is 32.2. The van der Waals surface area contributed by atoms with Crippen molar-refractivity contribution in [3.05, 3.63) is 29.6 Å². The highest BCUT2D eigenvalue weighted by molar-refractivity contribution is 7.89. The van der Waals surface area contributed by atoms with Gasteiger partial charge < -0.3 is 4.90 Å². The van der Waals surface area contributed by atoms with E-state index in [0.717, 1.165) is 22.5 Å². The van der Waals surface area contributed by atoms with E-state index in [1.807, 2.05) is 0 Å². The van der Waals surface area contributed by atoms with Crippen molar-refractivity contribution in [2.75, 3.05) is 27.7 Å². The fourth-order valence-electron chi connectivity index (χ4n) is 1.35. The van der Waals surface area contributed by atoms with Gasteiger partial charge in [0.1, 0.15) is 11.9 Å². The molecular formula is C12H14FN3O3S. The predicted octanol–water partition coefficient (Wildman–Crippen LogP) is 0.406. The molecule has 8 heteroatoms. The summed E-state index contributed by atoms with van der Waals surface area (Å²) in [5, 5.41) is 8.71. The molecule has 6 nitrogen and oxygen atoms in total. The van der Waals surface area contributed by atoms with Crippen LogP contribution in [0.3, 0.4) is 0 Å². The van der Waals surface area contributed by atoms with Gasteiger partial charge in [-0.15, -0.1) is 0 Å². The second-order valence-corrected chi connectivity index (χ2v) is 6.35. The molecule has 0 saturated carbocycles. The number of nitrogens with zero attached hydrogens (tertiary/aromatic N) is 3. The summed E-state index contributed by atoms with van der Waals surface area (Å²) >= 11 is 0. The summed E-state index contributed by atoms with van der Waals surface area (Å²) in [5.74, 6) is -1.18. The number of carbonyl (C=O) groups is 1. The van der Waals surface area contributed by atoms with Crippen LogP contribution in [-0.4, -0.2) is 51.2 Å². The van der Waals surface area contributed by atoms with E-state index >= 15 is 0 Å². The van der Waals surface area contributed by atoms with Crippen molar-refractivity contribution >= 4 is 15.9 Å². The number of sulfonamides is 1. The zero-order valence-electron chi connectivity index (χ0n) is 11.3.